The van der Waals surface area contributed by atoms with Gasteiger partial charge in [-0.1, -0.05) is 0 Å². The van der Waals surface area contributed by atoms with Crippen LogP contribution >= 0.6 is 22.6 Å². The summed E-state index contributed by atoms with van der Waals surface area (Å²) in [6.45, 7) is 1.40. The second kappa shape index (κ2) is 5.57. The zero-order valence-corrected chi connectivity index (χ0v) is 11.7. The van der Waals surface area contributed by atoms with Crippen LogP contribution in [0.2, 0.25) is 0 Å². The molecule has 0 unspecified atom stereocenters. The van der Waals surface area contributed by atoms with Crippen molar-refractivity contribution < 1.29 is 4.79 Å². The first-order chi connectivity index (χ1) is 8.16. The fourth-order valence-corrected chi connectivity index (χ4v) is 2.28. The zero-order chi connectivity index (χ0) is 12.3. The molecule has 0 aromatic heterocycles. The molecular formula is C12H16IN3O. The number of benzene rings is 1. The van der Waals surface area contributed by atoms with Gasteiger partial charge in [0.05, 0.1) is 0 Å². The van der Waals surface area contributed by atoms with Gasteiger partial charge < -0.3 is 16.4 Å². The summed E-state index contributed by atoms with van der Waals surface area (Å²) in [6, 6.07) is 5.75. The minimum absolute atomic E-state index is 0.193. The number of hydrogen-bond donors (Lipinski definition) is 3. The van der Waals surface area contributed by atoms with Gasteiger partial charge in [0.15, 0.2) is 0 Å². The molecule has 0 atom stereocenters. The minimum atomic E-state index is 0.193. The molecule has 1 aromatic rings. The van der Waals surface area contributed by atoms with Crippen LogP contribution in [0.25, 0.3) is 0 Å². The standard InChI is InChI=1S/C12H16IN3O/c13-10-7-9(14)3-4-11(10)15-5-6-16-12(17)8-1-2-8/h3-4,7-8,15H,1-2,5-6,14H2,(H,16,17). The molecule has 1 aliphatic carbocycles. The van der Waals surface area contributed by atoms with Crippen LogP contribution in [0.15, 0.2) is 18.2 Å². The number of nitrogens with one attached hydrogen (secondary N) is 2. The lowest BCUT2D eigenvalue weighted by atomic mass is 10.3. The van der Waals surface area contributed by atoms with E-state index in [1.165, 1.54) is 0 Å². The molecule has 0 aliphatic heterocycles. The van der Waals surface area contributed by atoms with Crippen LogP contribution in [0, 0.1) is 9.49 Å². The van der Waals surface area contributed by atoms with E-state index >= 15 is 0 Å². The van der Waals surface area contributed by atoms with Gasteiger partial charge in [-0.2, -0.15) is 0 Å². The summed E-state index contributed by atoms with van der Waals surface area (Å²) in [6.07, 6.45) is 2.10. The lowest BCUT2D eigenvalue weighted by Crippen LogP contribution is -2.29. The molecule has 0 saturated heterocycles. The number of halogens is 1. The van der Waals surface area contributed by atoms with Crippen molar-refractivity contribution in [3.63, 3.8) is 0 Å². The summed E-state index contributed by atoms with van der Waals surface area (Å²) < 4.78 is 1.09. The van der Waals surface area contributed by atoms with E-state index in [1.54, 1.807) is 0 Å². The molecule has 5 heteroatoms. The fourth-order valence-electron chi connectivity index (χ4n) is 1.55. The number of hydrogen-bond acceptors (Lipinski definition) is 3. The summed E-state index contributed by atoms with van der Waals surface area (Å²) >= 11 is 2.24. The second-order valence-electron chi connectivity index (χ2n) is 4.23. The molecule has 4 nitrogen and oxygen atoms in total. The Morgan fingerprint density at radius 2 is 2.18 bits per heavy atom. The molecule has 4 N–H and O–H groups in total. The Labute approximate surface area is 114 Å². The van der Waals surface area contributed by atoms with E-state index in [1.807, 2.05) is 18.2 Å². The number of amides is 1. The largest absolute Gasteiger partial charge is 0.399 e. The van der Waals surface area contributed by atoms with Gasteiger partial charge in [0.2, 0.25) is 5.91 Å². The lowest BCUT2D eigenvalue weighted by molar-refractivity contribution is -0.122. The van der Waals surface area contributed by atoms with Crippen LogP contribution < -0.4 is 16.4 Å². The number of carbonyl (C=O) groups is 1. The lowest BCUT2D eigenvalue weighted by Gasteiger charge is -2.09. The highest BCUT2D eigenvalue weighted by molar-refractivity contribution is 14.1. The SMILES string of the molecule is Nc1ccc(NCCNC(=O)C2CC2)c(I)c1. The first kappa shape index (κ1) is 12.5. The van der Waals surface area contributed by atoms with Crippen molar-refractivity contribution in [1.29, 1.82) is 0 Å². The van der Waals surface area contributed by atoms with Gasteiger partial charge in [0, 0.05) is 34.0 Å². The van der Waals surface area contributed by atoms with Gasteiger partial charge in [-0.05, 0) is 53.6 Å². The van der Waals surface area contributed by atoms with Crippen molar-refractivity contribution in [1.82, 2.24) is 5.32 Å². The average molecular weight is 345 g/mol. The fraction of sp³-hybridized carbons (Fsp3) is 0.417. The first-order valence-corrected chi connectivity index (χ1v) is 6.81. The van der Waals surface area contributed by atoms with Crippen molar-refractivity contribution in [3.05, 3.63) is 21.8 Å². The predicted molar refractivity (Wildman–Crippen MR) is 77.8 cm³/mol. The van der Waals surface area contributed by atoms with Gasteiger partial charge in [-0.3, -0.25) is 4.79 Å². The number of carbonyl (C=O) groups excluding carboxylic acids is 1. The van der Waals surface area contributed by atoms with Crippen LogP contribution in [0.3, 0.4) is 0 Å². The quantitative estimate of drug-likeness (QED) is 0.433. The summed E-state index contributed by atoms with van der Waals surface area (Å²) in [5.74, 6) is 0.477. The molecule has 1 saturated carbocycles. The molecule has 1 amide bonds. The highest BCUT2D eigenvalue weighted by Crippen LogP contribution is 2.28. The molecule has 1 aliphatic rings. The van der Waals surface area contributed by atoms with Crippen molar-refractivity contribution in [2.45, 2.75) is 12.8 Å². The third kappa shape index (κ3) is 3.76. The second-order valence-corrected chi connectivity index (χ2v) is 5.39. The van der Waals surface area contributed by atoms with Crippen molar-refractivity contribution >= 4 is 39.9 Å². The molecule has 0 heterocycles. The van der Waals surface area contributed by atoms with Crippen LogP contribution in [-0.4, -0.2) is 19.0 Å². The van der Waals surface area contributed by atoms with Gasteiger partial charge in [-0.15, -0.1) is 0 Å². The Bertz CT molecular complexity index is 418. The zero-order valence-electron chi connectivity index (χ0n) is 9.50. The van der Waals surface area contributed by atoms with Gasteiger partial charge in [0.1, 0.15) is 0 Å². The third-order valence-corrected chi connectivity index (χ3v) is 3.57. The molecule has 1 aromatic carbocycles. The van der Waals surface area contributed by atoms with E-state index < -0.39 is 0 Å². The molecule has 0 spiro atoms. The monoisotopic (exact) mass is 345 g/mol. The van der Waals surface area contributed by atoms with E-state index in [4.69, 9.17) is 5.73 Å². The van der Waals surface area contributed by atoms with E-state index in [9.17, 15) is 4.79 Å². The highest BCUT2D eigenvalue weighted by Gasteiger charge is 2.28. The predicted octanol–water partition coefficient (Wildman–Crippen LogP) is 1.81. The molecule has 17 heavy (non-hydrogen) atoms. The van der Waals surface area contributed by atoms with Gasteiger partial charge in [0.25, 0.3) is 0 Å². The Kier molecular flexibility index (Phi) is 4.09. The summed E-state index contributed by atoms with van der Waals surface area (Å²) in [5.41, 5.74) is 7.49. The number of nitrogen functional groups attached to an aromatic ring is 1. The maximum absolute atomic E-state index is 11.4. The smallest absolute Gasteiger partial charge is 0.223 e. The molecule has 0 bridgehead atoms. The number of nitrogens with two attached hydrogens (primary N) is 1. The third-order valence-electron chi connectivity index (χ3n) is 2.68. The van der Waals surface area contributed by atoms with E-state index in [0.29, 0.717) is 6.54 Å². The highest BCUT2D eigenvalue weighted by atomic mass is 127. The van der Waals surface area contributed by atoms with Crippen molar-refractivity contribution in [3.8, 4) is 0 Å². The summed E-state index contributed by atoms with van der Waals surface area (Å²) in [4.78, 5) is 11.4. The summed E-state index contributed by atoms with van der Waals surface area (Å²) in [5, 5.41) is 6.19. The van der Waals surface area contributed by atoms with E-state index in [2.05, 4.69) is 33.2 Å². The van der Waals surface area contributed by atoms with E-state index in [-0.39, 0.29) is 11.8 Å². The Hall–Kier alpha value is -0.980. The molecule has 1 fully saturated rings. The molecular weight excluding hydrogens is 329 g/mol. The number of anilines is 2. The normalized spacial score (nSPS) is 14.4. The average Bonchev–Trinajstić information content (AvgIpc) is 3.10. The van der Waals surface area contributed by atoms with Crippen LogP contribution in [0.4, 0.5) is 11.4 Å². The Balaban J connectivity index is 1.72. The van der Waals surface area contributed by atoms with Gasteiger partial charge in [-0.25, -0.2) is 0 Å². The molecule has 92 valence electrons. The Morgan fingerprint density at radius 3 is 2.82 bits per heavy atom. The van der Waals surface area contributed by atoms with Crippen molar-refractivity contribution in [2.24, 2.45) is 5.92 Å². The molecule has 0 radical (unpaired) electrons. The van der Waals surface area contributed by atoms with Gasteiger partial charge >= 0.3 is 0 Å². The maximum atomic E-state index is 11.4. The summed E-state index contributed by atoms with van der Waals surface area (Å²) in [7, 11) is 0. The minimum Gasteiger partial charge on any atom is -0.399 e. The Morgan fingerprint density at radius 1 is 1.41 bits per heavy atom. The maximum Gasteiger partial charge on any atom is 0.223 e. The van der Waals surface area contributed by atoms with Crippen LogP contribution in [0.5, 0.6) is 0 Å². The van der Waals surface area contributed by atoms with Crippen LogP contribution in [-0.2, 0) is 4.79 Å². The number of rotatable bonds is 5. The topological polar surface area (TPSA) is 67.2 Å². The first-order valence-electron chi connectivity index (χ1n) is 5.73. The van der Waals surface area contributed by atoms with Crippen molar-refractivity contribution in [2.75, 3.05) is 24.1 Å². The van der Waals surface area contributed by atoms with E-state index in [0.717, 1.165) is 34.3 Å². The van der Waals surface area contributed by atoms with Crippen LogP contribution in [0.1, 0.15) is 12.8 Å². The molecule has 2 rings (SSSR count).